The third-order valence-corrected chi connectivity index (χ3v) is 1.56. The molecule has 0 aromatic heterocycles. The fraction of sp³-hybridized carbons (Fsp3) is 0.600. The summed E-state index contributed by atoms with van der Waals surface area (Å²) < 4.78 is 0. The Morgan fingerprint density at radius 3 is 1.79 bits per heavy atom. The lowest BCUT2D eigenvalue weighted by molar-refractivity contribution is -0.115. The molecule has 0 heterocycles. The minimum atomic E-state index is -0.310. The van der Waals surface area contributed by atoms with E-state index in [2.05, 4.69) is 6.58 Å². The molecule has 0 unspecified atom stereocenters. The van der Waals surface area contributed by atoms with Crippen LogP contribution in [0.15, 0.2) is 12.7 Å². The molecule has 0 fully saturated rings. The molecular weight excluding hydrogens is 240 g/mol. The van der Waals surface area contributed by atoms with Crippen molar-refractivity contribution < 1.29 is 9.59 Å². The fourth-order valence-corrected chi connectivity index (χ4v) is 0.437. The third kappa shape index (κ3) is 38.7. The first-order chi connectivity index (χ1) is 8.31. The largest absolute Gasteiger partial charge is 0.303 e. The molecule has 4 heteroatoms. The van der Waals surface area contributed by atoms with Crippen molar-refractivity contribution in [2.75, 3.05) is 0 Å². The van der Waals surface area contributed by atoms with Crippen LogP contribution in [0.4, 0.5) is 0 Å². The molecule has 0 aromatic rings. The summed E-state index contributed by atoms with van der Waals surface area (Å²) in [4.78, 5) is 19.7. The van der Waals surface area contributed by atoms with Gasteiger partial charge in [-0.25, -0.2) is 0 Å². The highest BCUT2D eigenvalue weighted by Crippen LogP contribution is 2.17. The second kappa shape index (κ2) is 18.4. The molecule has 0 radical (unpaired) electrons. The lowest BCUT2D eigenvalue weighted by atomic mass is 9.90. The molecule has 0 aliphatic heterocycles. The third-order valence-electron chi connectivity index (χ3n) is 1.56. The number of hydrogen-bond donors (Lipinski definition) is 0. The number of rotatable bonds is 4. The molecule has 0 saturated carbocycles. The van der Waals surface area contributed by atoms with Crippen LogP contribution in [0.5, 0.6) is 0 Å². The Morgan fingerprint density at radius 2 is 1.63 bits per heavy atom. The van der Waals surface area contributed by atoms with E-state index in [1.807, 2.05) is 33.8 Å². The van der Waals surface area contributed by atoms with Gasteiger partial charge in [-0.3, -0.25) is 0 Å². The van der Waals surface area contributed by atoms with E-state index in [1.165, 1.54) is 6.08 Å². The molecule has 19 heavy (non-hydrogen) atoms. The average molecular weight is 266 g/mol. The second-order valence-corrected chi connectivity index (χ2v) is 4.48. The van der Waals surface area contributed by atoms with Crippen LogP contribution in [-0.2, 0) is 9.59 Å². The zero-order valence-corrected chi connectivity index (χ0v) is 11.6. The van der Waals surface area contributed by atoms with E-state index < -0.39 is 0 Å². The summed E-state index contributed by atoms with van der Waals surface area (Å²) in [7, 11) is 0. The summed E-state index contributed by atoms with van der Waals surface area (Å²) in [5.41, 5.74) is -0.310. The molecule has 0 aromatic carbocycles. The van der Waals surface area contributed by atoms with Gasteiger partial charge >= 0.3 is 0 Å². The van der Waals surface area contributed by atoms with Gasteiger partial charge in [0, 0.05) is 23.8 Å². The van der Waals surface area contributed by atoms with Crippen molar-refractivity contribution in [1.29, 1.82) is 10.5 Å². The number of aldehydes is 2. The van der Waals surface area contributed by atoms with E-state index >= 15 is 0 Å². The van der Waals surface area contributed by atoms with Crippen molar-refractivity contribution in [1.82, 2.24) is 0 Å². The summed E-state index contributed by atoms with van der Waals surface area (Å²) in [6, 6.07) is 3.69. The van der Waals surface area contributed by atoms with Crippen LogP contribution >= 0.6 is 0 Å². The summed E-state index contributed by atoms with van der Waals surface area (Å²) in [6.45, 7) is 10.5. The standard InChI is InChI=1S/C7H11NO.C4H8O.C3H3N.CH4/c1-7(2,6-9)4-3-5-8;1-4(2)3-5;1-2-3-4;/h6H,3-4H2,1-2H3;3-4H,1-2H3;2H,1H2;1H4. The van der Waals surface area contributed by atoms with Gasteiger partial charge in [0.1, 0.15) is 12.6 Å². The van der Waals surface area contributed by atoms with E-state index in [4.69, 9.17) is 10.5 Å². The van der Waals surface area contributed by atoms with Gasteiger partial charge in [0.25, 0.3) is 0 Å². The molecule has 0 saturated heterocycles. The summed E-state index contributed by atoms with van der Waals surface area (Å²) >= 11 is 0. The predicted molar refractivity (Wildman–Crippen MR) is 78.1 cm³/mol. The average Bonchev–Trinajstić information content (AvgIpc) is 2.37. The quantitative estimate of drug-likeness (QED) is 0.574. The summed E-state index contributed by atoms with van der Waals surface area (Å²) in [6.07, 6.45) is 4.11. The monoisotopic (exact) mass is 266 g/mol. The van der Waals surface area contributed by atoms with Gasteiger partial charge in [-0.05, 0) is 6.42 Å². The maximum atomic E-state index is 10.2. The van der Waals surface area contributed by atoms with Crippen LogP contribution < -0.4 is 0 Å². The van der Waals surface area contributed by atoms with Gasteiger partial charge < -0.3 is 9.59 Å². The lowest BCUT2D eigenvalue weighted by Gasteiger charge is -2.12. The van der Waals surface area contributed by atoms with Crippen molar-refractivity contribution in [2.45, 2.75) is 48.0 Å². The molecule has 0 spiro atoms. The van der Waals surface area contributed by atoms with E-state index in [0.717, 1.165) is 12.6 Å². The number of hydrogen-bond acceptors (Lipinski definition) is 4. The molecule has 0 N–H and O–H groups in total. The van der Waals surface area contributed by atoms with Gasteiger partial charge in [0.2, 0.25) is 0 Å². The van der Waals surface area contributed by atoms with Crippen molar-refractivity contribution in [3.05, 3.63) is 12.7 Å². The zero-order valence-electron chi connectivity index (χ0n) is 11.6. The molecule has 0 atom stereocenters. The SMILES string of the molecule is C.C=CC#N.CC(C)(C=O)CCC#N.CC(C)C=O. The molecule has 0 aliphatic rings. The second-order valence-electron chi connectivity index (χ2n) is 4.48. The van der Waals surface area contributed by atoms with Crippen LogP contribution in [0.1, 0.15) is 48.0 Å². The normalized spacial score (nSPS) is 7.95. The molecule has 0 rings (SSSR count). The lowest BCUT2D eigenvalue weighted by Crippen LogP contribution is -2.11. The first kappa shape index (κ1) is 25.8. The Kier molecular flexibility index (Phi) is 25.0. The van der Waals surface area contributed by atoms with Gasteiger partial charge in [0.15, 0.2) is 0 Å². The van der Waals surface area contributed by atoms with Crippen molar-refractivity contribution >= 4 is 12.6 Å². The Labute approximate surface area is 117 Å². The van der Waals surface area contributed by atoms with Gasteiger partial charge in [-0.1, -0.05) is 41.7 Å². The number of nitrogens with zero attached hydrogens (tertiary/aromatic N) is 2. The highest BCUT2D eigenvalue weighted by Gasteiger charge is 2.14. The van der Waals surface area contributed by atoms with Crippen LogP contribution in [-0.4, -0.2) is 12.6 Å². The van der Waals surface area contributed by atoms with E-state index in [-0.39, 0.29) is 18.8 Å². The number of carbonyl (C=O) groups excluding carboxylic acids is 2. The smallest absolute Gasteiger partial charge is 0.125 e. The molecule has 0 aliphatic carbocycles. The number of nitriles is 2. The highest BCUT2D eigenvalue weighted by atomic mass is 16.1. The Balaban J connectivity index is -0.0000000964. The minimum absolute atomic E-state index is 0. The highest BCUT2D eigenvalue weighted by molar-refractivity contribution is 5.57. The van der Waals surface area contributed by atoms with Gasteiger partial charge in [-0.2, -0.15) is 10.5 Å². The minimum Gasteiger partial charge on any atom is -0.303 e. The molecular formula is C15H26N2O2. The van der Waals surface area contributed by atoms with Crippen LogP contribution in [0.25, 0.3) is 0 Å². The predicted octanol–water partition coefficient (Wildman–Crippen LogP) is 3.69. The van der Waals surface area contributed by atoms with Crippen molar-refractivity contribution in [3.63, 3.8) is 0 Å². The summed E-state index contributed by atoms with van der Waals surface area (Å²) in [5, 5.41) is 15.7. The van der Waals surface area contributed by atoms with Gasteiger partial charge in [0.05, 0.1) is 12.1 Å². The molecule has 4 nitrogen and oxygen atoms in total. The van der Waals surface area contributed by atoms with E-state index in [1.54, 1.807) is 6.07 Å². The summed E-state index contributed by atoms with van der Waals surface area (Å²) in [5.74, 6) is 0.204. The fourth-order valence-electron chi connectivity index (χ4n) is 0.437. The van der Waals surface area contributed by atoms with Crippen LogP contribution in [0.2, 0.25) is 0 Å². The topological polar surface area (TPSA) is 81.7 Å². The molecule has 108 valence electrons. The Hall–Kier alpha value is -1.94. The van der Waals surface area contributed by atoms with E-state index in [9.17, 15) is 9.59 Å². The maximum Gasteiger partial charge on any atom is 0.125 e. The first-order valence-corrected chi connectivity index (χ1v) is 5.60. The van der Waals surface area contributed by atoms with Crippen molar-refractivity contribution in [2.24, 2.45) is 11.3 Å². The maximum absolute atomic E-state index is 10.2. The van der Waals surface area contributed by atoms with Crippen molar-refractivity contribution in [3.8, 4) is 12.1 Å². The molecule has 0 bridgehead atoms. The Morgan fingerprint density at radius 1 is 1.26 bits per heavy atom. The van der Waals surface area contributed by atoms with Gasteiger partial charge in [-0.15, -0.1) is 0 Å². The van der Waals surface area contributed by atoms with Crippen LogP contribution in [0.3, 0.4) is 0 Å². The Bertz CT molecular complexity index is 307. The zero-order chi connectivity index (χ0) is 15.0. The van der Waals surface area contributed by atoms with Crippen LogP contribution in [0, 0.1) is 34.0 Å². The van der Waals surface area contributed by atoms with E-state index in [0.29, 0.717) is 12.8 Å². The number of allylic oxidation sites excluding steroid dienone is 1. The first-order valence-electron chi connectivity index (χ1n) is 5.60. The number of carbonyl (C=O) groups is 2. The molecule has 0 amide bonds.